The number of β-amino-alcohol motifs (C(OH)–C–C–N with tert-alkyl or cyclic N) is 1. The topological polar surface area (TPSA) is 167 Å². The van der Waals surface area contributed by atoms with Gasteiger partial charge in [-0.3, -0.25) is 19.3 Å². The molecule has 0 saturated carbocycles. The van der Waals surface area contributed by atoms with E-state index in [9.17, 15) is 24.3 Å². The SMILES string of the molecule is COC(=O)c1ccc(N2CCN(CCOCC(=O)N[C@H](C(=O)N3C[C@H](O)C[C@H]3C(=O)N[C@@H](C)c3ccc(-c4scnc4C)cc3)C(C)(C)C)CC2)nc1. The van der Waals surface area contributed by atoms with Crippen LogP contribution in [0.3, 0.4) is 0 Å². The van der Waals surface area contributed by atoms with E-state index in [0.29, 0.717) is 18.7 Å². The molecule has 1 aromatic carbocycles. The van der Waals surface area contributed by atoms with Crippen LogP contribution in [0.15, 0.2) is 48.1 Å². The normalized spacial score (nSPS) is 19.1. The lowest BCUT2D eigenvalue weighted by molar-refractivity contribution is -0.144. The Hall–Kier alpha value is -4.44. The van der Waals surface area contributed by atoms with Crippen LogP contribution >= 0.6 is 11.3 Å². The van der Waals surface area contributed by atoms with Crippen molar-refractivity contribution in [2.45, 2.75) is 65.3 Å². The molecule has 5 rings (SSSR count). The Labute approximate surface area is 314 Å². The number of rotatable bonds is 13. The van der Waals surface area contributed by atoms with Gasteiger partial charge < -0.3 is 35.0 Å². The summed E-state index contributed by atoms with van der Waals surface area (Å²) in [7, 11) is 1.34. The van der Waals surface area contributed by atoms with Crippen molar-refractivity contribution in [2.75, 3.05) is 64.5 Å². The fourth-order valence-electron chi connectivity index (χ4n) is 6.59. The highest BCUT2D eigenvalue weighted by atomic mass is 32.1. The molecule has 0 spiro atoms. The first-order valence-electron chi connectivity index (χ1n) is 17.9. The summed E-state index contributed by atoms with van der Waals surface area (Å²) in [5.74, 6) is -0.847. The number of anilines is 1. The standard InChI is InChI=1S/C38H51N7O7S/c1-24(26-7-9-27(10-8-26)33-25(2)40-23-53-33)41-35(48)30-19-29(46)21-45(30)36(49)34(38(3,4)5)42-32(47)22-52-18-17-43-13-15-44(16-14-43)31-12-11-28(20-39-31)37(50)51-6/h7-12,20,23-24,29-30,34,46H,13-19,21-22H2,1-6H3,(H,41,48)(H,42,47)/t24-,29+,30-,34+/m0/s1. The molecule has 15 heteroatoms. The monoisotopic (exact) mass is 749 g/mol. The Morgan fingerprint density at radius 3 is 2.34 bits per heavy atom. The summed E-state index contributed by atoms with van der Waals surface area (Å²) in [4.78, 5) is 67.9. The van der Waals surface area contributed by atoms with Gasteiger partial charge in [0.1, 0.15) is 24.5 Å². The smallest absolute Gasteiger partial charge is 0.339 e. The number of piperazine rings is 1. The first kappa shape index (κ1) is 39.8. The number of esters is 1. The lowest BCUT2D eigenvalue weighted by atomic mass is 9.85. The minimum atomic E-state index is -0.942. The average molecular weight is 750 g/mol. The van der Waals surface area contributed by atoms with Gasteiger partial charge in [-0.05, 0) is 42.5 Å². The number of hydrogen-bond acceptors (Lipinski definition) is 12. The molecule has 2 aliphatic heterocycles. The third-order valence-corrected chi connectivity index (χ3v) is 10.7. The zero-order chi connectivity index (χ0) is 38.3. The van der Waals surface area contributed by atoms with Gasteiger partial charge in [-0.25, -0.2) is 14.8 Å². The third-order valence-electron chi connectivity index (χ3n) is 9.71. The van der Waals surface area contributed by atoms with Crippen LogP contribution in [-0.2, 0) is 23.9 Å². The number of pyridine rings is 1. The van der Waals surface area contributed by atoms with Gasteiger partial charge in [-0.15, -0.1) is 11.3 Å². The molecule has 2 aromatic heterocycles. The summed E-state index contributed by atoms with van der Waals surface area (Å²) in [6, 6.07) is 9.30. The Kier molecular flexibility index (Phi) is 13.2. The molecule has 286 valence electrons. The maximum atomic E-state index is 14.0. The number of ether oxygens (including phenoxy) is 2. The molecule has 14 nitrogen and oxygen atoms in total. The number of amides is 3. The first-order chi connectivity index (χ1) is 25.2. The van der Waals surface area contributed by atoms with Gasteiger partial charge in [-0.2, -0.15) is 0 Å². The molecule has 3 amide bonds. The van der Waals surface area contributed by atoms with Crippen LogP contribution in [0.2, 0.25) is 0 Å². The van der Waals surface area contributed by atoms with E-state index in [0.717, 1.165) is 53.7 Å². The minimum absolute atomic E-state index is 0.00469. The van der Waals surface area contributed by atoms with E-state index in [1.807, 2.05) is 70.5 Å². The van der Waals surface area contributed by atoms with Gasteiger partial charge in [0, 0.05) is 51.9 Å². The van der Waals surface area contributed by atoms with Crippen LogP contribution < -0.4 is 15.5 Å². The van der Waals surface area contributed by atoms with Crippen molar-refractivity contribution in [3.8, 4) is 10.4 Å². The number of benzene rings is 1. The molecular formula is C38H51N7O7S. The predicted octanol–water partition coefficient (Wildman–Crippen LogP) is 2.81. The Morgan fingerprint density at radius 2 is 1.74 bits per heavy atom. The van der Waals surface area contributed by atoms with Gasteiger partial charge in [0.15, 0.2) is 0 Å². The number of aryl methyl sites for hydroxylation is 1. The number of methoxy groups -OCH3 is 1. The number of nitrogens with one attached hydrogen (secondary N) is 2. The molecule has 4 heterocycles. The van der Waals surface area contributed by atoms with Crippen LogP contribution in [0.1, 0.15) is 61.8 Å². The van der Waals surface area contributed by atoms with Crippen molar-refractivity contribution >= 4 is 40.8 Å². The van der Waals surface area contributed by atoms with Crippen LogP contribution in [0, 0.1) is 12.3 Å². The van der Waals surface area contributed by atoms with Gasteiger partial charge in [-0.1, -0.05) is 45.0 Å². The number of aromatic nitrogens is 2. The third kappa shape index (κ3) is 10.2. The highest BCUT2D eigenvalue weighted by Crippen LogP contribution is 2.29. The molecule has 53 heavy (non-hydrogen) atoms. The van der Waals surface area contributed by atoms with E-state index in [-0.39, 0.29) is 31.5 Å². The van der Waals surface area contributed by atoms with Crippen molar-refractivity contribution < 1.29 is 33.8 Å². The van der Waals surface area contributed by atoms with Gasteiger partial charge in [0.2, 0.25) is 17.7 Å². The van der Waals surface area contributed by atoms with E-state index in [4.69, 9.17) is 9.47 Å². The summed E-state index contributed by atoms with van der Waals surface area (Å²) >= 11 is 1.58. The molecule has 3 N–H and O–H groups in total. The number of hydrogen-bond donors (Lipinski definition) is 3. The van der Waals surface area contributed by atoms with Gasteiger partial charge >= 0.3 is 5.97 Å². The van der Waals surface area contributed by atoms with E-state index < -0.39 is 41.4 Å². The molecule has 2 aliphatic rings. The minimum Gasteiger partial charge on any atom is -0.465 e. The van der Waals surface area contributed by atoms with Gasteiger partial charge in [0.25, 0.3) is 0 Å². The number of aliphatic hydroxyl groups excluding tert-OH is 1. The summed E-state index contributed by atoms with van der Waals surface area (Å²) < 4.78 is 10.5. The molecule has 0 unspecified atom stereocenters. The second-order valence-corrected chi connectivity index (χ2v) is 15.5. The van der Waals surface area contributed by atoms with E-state index >= 15 is 0 Å². The maximum Gasteiger partial charge on any atom is 0.339 e. The van der Waals surface area contributed by atoms with Crippen LogP contribution in [-0.4, -0.2) is 126 Å². The van der Waals surface area contributed by atoms with Crippen LogP contribution in [0.25, 0.3) is 10.4 Å². The Morgan fingerprint density at radius 1 is 1.02 bits per heavy atom. The maximum absolute atomic E-state index is 14.0. The number of nitrogens with zero attached hydrogens (tertiary/aromatic N) is 5. The number of carbonyl (C=O) groups excluding carboxylic acids is 4. The largest absolute Gasteiger partial charge is 0.465 e. The number of likely N-dealkylation sites (tertiary alicyclic amines) is 1. The lowest BCUT2D eigenvalue weighted by Crippen LogP contribution is -2.58. The highest BCUT2D eigenvalue weighted by Gasteiger charge is 2.44. The van der Waals surface area contributed by atoms with Crippen molar-refractivity contribution in [2.24, 2.45) is 5.41 Å². The Balaban J connectivity index is 1.09. The summed E-state index contributed by atoms with van der Waals surface area (Å²) in [6.07, 6.45) is 0.757. The second kappa shape index (κ2) is 17.6. The molecule has 4 atom stereocenters. The zero-order valence-electron chi connectivity index (χ0n) is 31.3. The molecule has 3 aromatic rings. The van der Waals surface area contributed by atoms with E-state index in [2.05, 4.69) is 30.4 Å². The molecule has 0 radical (unpaired) electrons. The molecule has 2 saturated heterocycles. The lowest BCUT2D eigenvalue weighted by Gasteiger charge is -2.36. The van der Waals surface area contributed by atoms with Crippen molar-refractivity contribution in [3.05, 3.63) is 64.9 Å². The quantitative estimate of drug-likeness (QED) is 0.174. The molecular weight excluding hydrogens is 699 g/mol. The van der Waals surface area contributed by atoms with Crippen molar-refractivity contribution in [1.82, 2.24) is 30.4 Å². The van der Waals surface area contributed by atoms with Crippen LogP contribution in [0.4, 0.5) is 5.82 Å². The fourth-order valence-corrected chi connectivity index (χ4v) is 7.40. The molecule has 2 fully saturated rings. The summed E-state index contributed by atoms with van der Waals surface area (Å²) in [5, 5.41) is 16.4. The summed E-state index contributed by atoms with van der Waals surface area (Å²) in [6.45, 7) is 13.2. The average Bonchev–Trinajstić information content (AvgIpc) is 3.76. The second-order valence-electron chi connectivity index (χ2n) is 14.7. The molecule has 0 aliphatic carbocycles. The fraction of sp³-hybridized carbons (Fsp3) is 0.526. The predicted molar refractivity (Wildman–Crippen MR) is 201 cm³/mol. The van der Waals surface area contributed by atoms with Gasteiger partial charge in [0.05, 0.1) is 47.5 Å². The number of carbonyl (C=O) groups is 4. The van der Waals surface area contributed by atoms with Crippen molar-refractivity contribution in [1.29, 1.82) is 0 Å². The zero-order valence-corrected chi connectivity index (χ0v) is 32.1. The molecule has 0 bridgehead atoms. The first-order valence-corrected chi connectivity index (χ1v) is 18.8. The Bertz CT molecular complexity index is 1720. The van der Waals surface area contributed by atoms with Crippen molar-refractivity contribution in [3.63, 3.8) is 0 Å². The summed E-state index contributed by atoms with van der Waals surface area (Å²) in [5.41, 5.74) is 4.47. The number of thiazole rings is 1. The number of aliphatic hydroxyl groups is 1. The van der Waals surface area contributed by atoms with E-state index in [1.54, 1.807) is 17.4 Å². The van der Waals surface area contributed by atoms with E-state index in [1.165, 1.54) is 18.2 Å². The highest BCUT2D eigenvalue weighted by molar-refractivity contribution is 7.13. The van der Waals surface area contributed by atoms with Crippen LogP contribution in [0.5, 0.6) is 0 Å².